The van der Waals surface area contributed by atoms with E-state index >= 15 is 0 Å². The van der Waals surface area contributed by atoms with Gasteiger partial charge in [0.2, 0.25) is 0 Å². The number of fused-ring (bicyclic) bond motifs is 3. The van der Waals surface area contributed by atoms with Crippen molar-refractivity contribution in [2.75, 3.05) is 19.6 Å². The van der Waals surface area contributed by atoms with E-state index in [0.717, 1.165) is 6.54 Å². The molecular weight excluding hydrogens is 204 g/mol. The standard InChI is InChI=1S/C12H22N2O2/c1-8(2)11(12(15)16)13-10-7-14-5-3-9(10)4-6-14/h8-11,13H,3-7H2,1-2H3,(H,15,16). The van der Waals surface area contributed by atoms with Gasteiger partial charge in [0.25, 0.3) is 0 Å². The summed E-state index contributed by atoms with van der Waals surface area (Å²) in [5.41, 5.74) is 0. The summed E-state index contributed by atoms with van der Waals surface area (Å²) in [7, 11) is 0. The van der Waals surface area contributed by atoms with Crippen molar-refractivity contribution in [1.82, 2.24) is 10.2 Å². The molecular formula is C12H22N2O2. The van der Waals surface area contributed by atoms with Crippen LogP contribution in [0.5, 0.6) is 0 Å². The minimum atomic E-state index is -0.716. The van der Waals surface area contributed by atoms with Crippen LogP contribution >= 0.6 is 0 Å². The number of piperidine rings is 3. The first kappa shape index (κ1) is 11.9. The van der Waals surface area contributed by atoms with E-state index in [9.17, 15) is 4.79 Å². The van der Waals surface area contributed by atoms with Crippen LogP contribution in [0.15, 0.2) is 0 Å². The lowest BCUT2D eigenvalue weighted by Gasteiger charge is -2.46. The third-order valence-electron chi connectivity index (χ3n) is 3.98. The van der Waals surface area contributed by atoms with Gasteiger partial charge in [-0.1, -0.05) is 13.8 Å². The van der Waals surface area contributed by atoms with Crippen LogP contribution in [0.1, 0.15) is 26.7 Å². The lowest BCUT2D eigenvalue weighted by Crippen LogP contribution is -2.60. The van der Waals surface area contributed by atoms with Crippen molar-refractivity contribution in [3.63, 3.8) is 0 Å². The van der Waals surface area contributed by atoms with Crippen LogP contribution in [0.3, 0.4) is 0 Å². The number of aliphatic carboxylic acids is 1. The summed E-state index contributed by atoms with van der Waals surface area (Å²) in [6.45, 7) is 7.35. The molecule has 3 aliphatic heterocycles. The van der Waals surface area contributed by atoms with Crippen LogP contribution < -0.4 is 5.32 Å². The van der Waals surface area contributed by atoms with Crippen LogP contribution in [-0.4, -0.2) is 47.7 Å². The zero-order chi connectivity index (χ0) is 11.7. The van der Waals surface area contributed by atoms with Crippen LogP contribution in [0.2, 0.25) is 0 Å². The zero-order valence-electron chi connectivity index (χ0n) is 10.1. The molecule has 0 amide bonds. The van der Waals surface area contributed by atoms with Crippen LogP contribution in [-0.2, 0) is 4.79 Å². The van der Waals surface area contributed by atoms with Crippen molar-refractivity contribution in [2.24, 2.45) is 11.8 Å². The third kappa shape index (κ3) is 2.38. The highest BCUT2D eigenvalue weighted by atomic mass is 16.4. The Labute approximate surface area is 97.0 Å². The zero-order valence-corrected chi connectivity index (χ0v) is 10.1. The Balaban J connectivity index is 1.95. The molecule has 92 valence electrons. The van der Waals surface area contributed by atoms with Gasteiger partial charge in [-0.2, -0.15) is 0 Å². The van der Waals surface area contributed by atoms with E-state index < -0.39 is 12.0 Å². The monoisotopic (exact) mass is 226 g/mol. The minimum Gasteiger partial charge on any atom is -0.480 e. The molecule has 0 aromatic carbocycles. The predicted octanol–water partition coefficient (Wildman–Crippen LogP) is 0.779. The van der Waals surface area contributed by atoms with Gasteiger partial charge in [-0.15, -0.1) is 0 Å². The van der Waals surface area contributed by atoms with E-state index in [0.29, 0.717) is 12.0 Å². The van der Waals surface area contributed by atoms with Gasteiger partial charge in [0.15, 0.2) is 0 Å². The van der Waals surface area contributed by atoms with E-state index in [2.05, 4.69) is 10.2 Å². The summed E-state index contributed by atoms with van der Waals surface area (Å²) in [6, 6.07) is -0.0171. The highest BCUT2D eigenvalue weighted by Gasteiger charge is 2.36. The molecule has 4 heteroatoms. The van der Waals surface area contributed by atoms with Gasteiger partial charge in [0.05, 0.1) is 0 Å². The minimum absolute atomic E-state index is 0.146. The van der Waals surface area contributed by atoms with Crippen molar-refractivity contribution >= 4 is 5.97 Å². The van der Waals surface area contributed by atoms with Crippen molar-refractivity contribution < 1.29 is 9.90 Å². The number of rotatable bonds is 4. The molecule has 0 radical (unpaired) electrons. The maximum absolute atomic E-state index is 11.1. The molecule has 3 heterocycles. The first-order chi connectivity index (χ1) is 7.58. The van der Waals surface area contributed by atoms with Gasteiger partial charge in [-0.25, -0.2) is 0 Å². The summed E-state index contributed by atoms with van der Waals surface area (Å²) in [5, 5.41) is 12.5. The third-order valence-corrected chi connectivity index (χ3v) is 3.98. The molecule has 3 fully saturated rings. The Hall–Kier alpha value is -0.610. The summed E-state index contributed by atoms with van der Waals surface area (Å²) in [4.78, 5) is 13.6. The highest BCUT2D eigenvalue weighted by molar-refractivity contribution is 5.73. The summed E-state index contributed by atoms with van der Waals surface area (Å²) in [6.07, 6.45) is 2.45. The van der Waals surface area contributed by atoms with E-state index in [-0.39, 0.29) is 5.92 Å². The maximum atomic E-state index is 11.1. The molecule has 2 atom stereocenters. The second kappa shape index (κ2) is 4.72. The number of carboxylic acid groups (broad SMARTS) is 1. The molecule has 3 saturated heterocycles. The molecule has 16 heavy (non-hydrogen) atoms. The first-order valence-corrected chi connectivity index (χ1v) is 6.29. The van der Waals surface area contributed by atoms with Crippen molar-refractivity contribution in [3.05, 3.63) is 0 Å². The average Bonchev–Trinajstić information content (AvgIpc) is 2.26. The number of nitrogens with one attached hydrogen (secondary N) is 1. The molecule has 4 nitrogen and oxygen atoms in total. The lowest BCUT2D eigenvalue weighted by molar-refractivity contribution is -0.141. The topological polar surface area (TPSA) is 52.6 Å². The predicted molar refractivity (Wildman–Crippen MR) is 62.3 cm³/mol. The van der Waals surface area contributed by atoms with Crippen molar-refractivity contribution in [3.8, 4) is 0 Å². The maximum Gasteiger partial charge on any atom is 0.320 e. The second-order valence-electron chi connectivity index (χ2n) is 5.47. The van der Waals surface area contributed by atoms with Gasteiger partial charge < -0.3 is 10.0 Å². The molecule has 0 aromatic heterocycles. The molecule has 0 aromatic rings. The Bertz CT molecular complexity index is 260. The SMILES string of the molecule is CC(C)C(NC1CN2CCC1CC2)C(=O)O. The average molecular weight is 226 g/mol. The Kier molecular flexibility index (Phi) is 3.50. The van der Waals surface area contributed by atoms with E-state index in [1.807, 2.05) is 13.8 Å². The second-order valence-corrected chi connectivity index (χ2v) is 5.47. The summed E-state index contributed by atoms with van der Waals surface area (Å²) >= 11 is 0. The van der Waals surface area contributed by atoms with E-state index in [1.165, 1.54) is 25.9 Å². The molecule has 0 spiro atoms. The van der Waals surface area contributed by atoms with Gasteiger partial charge in [-0.05, 0) is 37.8 Å². The first-order valence-electron chi connectivity index (χ1n) is 6.29. The fourth-order valence-corrected chi connectivity index (χ4v) is 2.93. The molecule has 0 saturated carbocycles. The van der Waals surface area contributed by atoms with Gasteiger partial charge in [-0.3, -0.25) is 10.1 Å². The fraction of sp³-hybridized carbons (Fsp3) is 0.917. The Morgan fingerprint density at radius 3 is 2.38 bits per heavy atom. The number of carboxylic acids is 1. The lowest BCUT2D eigenvalue weighted by atomic mass is 9.83. The number of nitrogens with zero attached hydrogens (tertiary/aromatic N) is 1. The van der Waals surface area contributed by atoms with Gasteiger partial charge in [0.1, 0.15) is 6.04 Å². The van der Waals surface area contributed by atoms with Crippen LogP contribution in [0.4, 0.5) is 0 Å². The molecule has 3 rings (SSSR count). The van der Waals surface area contributed by atoms with E-state index in [4.69, 9.17) is 5.11 Å². The normalized spacial score (nSPS) is 35.3. The molecule has 0 aliphatic carbocycles. The van der Waals surface area contributed by atoms with Crippen molar-refractivity contribution in [2.45, 2.75) is 38.8 Å². The summed E-state index contributed by atoms with van der Waals surface area (Å²) in [5.74, 6) is 0.116. The Morgan fingerprint density at radius 1 is 1.38 bits per heavy atom. The van der Waals surface area contributed by atoms with Gasteiger partial charge in [0, 0.05) is 12.6 Å². The van der Waals surface area contributed by atoms with Crippen LogP contribution in [0, 0.1) is 11.8 Å². The smallest absolute Gasteiger partial charge is 0.320 e. The summed E-state index contributed by atoms with van der Waals surface area (Å²) < 4.78 is 0. The van der Waals surface area contributed by atoms with Crippen molar-refractivity contribution in [1.29, 1.82) is 0 Å². The highest BCUT2D eigenvalue weighted by Crippen LogP contribution is 2.28. The van der Waals surface area contributed by atoms with E-state index in [1.54, 1.807) is 0 Å². The van der Waals surface area contributed by atoms with Crippen LogP contribution in [0.25, 0.3) is 0 Å². The van der Waals surface area contributed by atoms with Gasteiger partial charge >= 0.3 is 5.97 Å². The largest absolute Gasteiger partial charge is 0.480 e. The number of hydrogen-bond acceptors (Lipinski definition) is 3. The molecule has 2 unspecified atom stereocenters. The quantitative estimate of drug-likeness (QED) is 0.744. The molecule has 3 aliphatic rings. The molecule has 2 N–H and O–H groups in total. The number of hydrogen-bond donors (Lipinski definition) is 2. The fourth-order valence-electron chi connectivity index (χ4n) is 2.93. The number of carbonyl (C=O) groups is 1. The Morgan fingerprint density at radius 2 is 2.00 bits per heavy atom. The molecule has 2 bridgehead atoms.